The predicted molar refractivity (Wildman–Crippen MR) is 64.7 cm³/mol. The van der Waals surface area contributed by atoms with Gasteiger partial charge < -0.3 is 20.8 Å². The fourth-order valence-corrected chi connectivity index (χ4v) is 1.41. The SMILES string of the molecule is O=C(O)CCC[C@@H](NC(=O)NCCCC(F)(F)F)C(=O)O. The molecule has 0 saturated carbocycles. The first kappa shape index (κ1) is 19.0. The molecule has 1 atom stereocenters. The van der Waals surface area contributed by atoms with Crippen molar-refractivity contribution in [1.82, 2.24) is 10.6 Å². The summed E-state index contributed by atoms with van der Waals surface area (Å²) in [5, 5.41) is 21.4. The number of carboxylic acid groups (broad SMARTS) is 2. The third-order valence-corrected chi connectivity index (χ3v) is 2.41. The molecule has 7 nitrogen and oxygen atoms in total. The zero-order valence-corrected chi connectivity index (χ0v) is 11.1. The molecule has 0 radical (unpaired) electrons. The molecule has 0 aromatic heterocycles. The number of halogens is 3. The summed E-state index contributed by atoms with van der Waals surface area (Å²) < 4.78 is 35.5. The predicted octanol–water partition coefficient (Wildman–Crippen LogP) is 1.34. The zero-order valence-electron chi connectivity index (χ0n) is 11.1. The van der Waals surface area contributed by atoms with Crippen molar-refractivity contribution in [1.29, 1.82) is 0 Å². The van der Waals surface area contributed by atoms with E-state index >= 15 is 0 Å². The Bertz CT molecular complexity index is 373. The van der Waals surface area contributed by atoms with Gasteiger partial charge in [-0.3, -0.25) is 4.79 Å². The van der Waals surface area contributed by atoms with Crippen LogP contribution in [0.5, 0.6) is 0 Å². The molecule has 21 heavy (non-hydrogen) atoms. The number of nitrogens with one attached hydrogen (secondary N) is 2. The summed E-state index contributed by atoms with van der Waals surface area (Å²) in [5.74, 6) is -2.43. The number of amides is 2. The Kier molecular flexibility index (Phi) is 8.17. The Morgan fingerprint density at radius 3 is 2.19 bits per heavy atom. The van der Waals surface area contributed by atoms with Crippen LogP contribution >= 0.6 is 0 Å². The first-order chi connectivity index (χ1) is 9.61. The lowest BCUT2D eigenvalue weighted by atomic mass is 10.1. The minimum absolute atomic E-state index is 0.0562. The molecule has 0 unspecified atom stereocenters. The van der Waals surface area contributed by atoms with Gasteiger partial charge in [-0.1, -0.05) is 0 Å². The molecule has 2 amide bonds. The van der Waals surface area contributed by atoms with Gasteiger partial charge in [0, 0.05) is 19.4 Å². The first-order valence-corrected chi connectivity index (χ1v) is 6.17. The number of hydrogen-bond donors (Lipinski definition) is 4. The van der Waals surface area contributed by atoms with Gasteiger partial charge in [-0.05, 0) is 19.3 Å². The second-order valence-electron chi connectivity index (χ2n) is 4.30. The number of aliphatic carboxylic acids is 2. The highest BCUT2D eigenvalue weighted by Gasteiger charge is 2.26. The average Bonchev–Trinajstić information content (AvgIpc) is 2.31. The smallest absolute Gasteiger partial charge is 0.389 e. The summed E-state index contributed by atoms with van der Waals surface area (Å²) in [7, 11) is 0. The number of hydrogen-bond acceptors (Lipinski definition) is 3. The van der Waals surface area contributed by atoms with Crippen molar-refractivity contribution >= 4 is 18.0 Å². The molecule has 0 aromatic carbocycles. The van der Waals surface area contributed by atoms with Gasteiger partial charge in [0.15, 0.2) is 0 Å². The van der Waals surface area contributed by atoms with E-state index in [1.54, 1.807) is 0 Å². The summed E-state index contributed by atoms with van der Waals surface area (Å²) in [5.41, 5.74) is 0. The van der Waals surface area contributed by atoms with Crippen LogP contribution in [0.3, 0.4) is 0 Å². The van der Waals surface area contributed by atoms with Gasteiger partial charge >= 0.3 is 24.1 Å². The Balaban J connectivity index is 4.00. The lowest BCUT2D eigenvalue weighted by molar-refractivity contribution is -0.140. The van der Waals surface area contributed by atoms with Gasteiger partial charge in [-0.15, -0.1) is 0 Å². The maximum Gasteiger partial charge on any atom is 0.389 e. The maximum atomic E-state index is 11.8. The van der Waals surface area contributed by atoms with E-state index in [2.05, 4.69) is 10.6 Å². The summed E-state index contributed by atoms with van der Waals surface area (Å²) in [4.78, 5) is 32.4. The van der Waals surface area contributed by atoms with Crippen molar-refractivity contribution in [2.24, 2.45) is 0 Å². The number of rotatable bonds is 9. The lowest BCUT2D eigenvalue weighted by Crippen LogP contribution is -2.46. The second kappa shape index (κ2) is 9.03. The quantitative estimate of drug-likeness (QED) is 0.479. The van der Waals surface area contributed by atoms with E-state index in [0.29, 0.717) is 0 Å². The fourth-order valence-electron chi connectivity index (χ4n) is 1.41. The summed E-state index contributed by atoms with van der Waals surface area (Å²) in [6.45, 7) is -0.243. The molecule has 4 N–H and O–H groups in total. The van der Waals surface area contributed by atoms with E-state index in [9.17, 15) is 27.6 Å². The number of carboxylic acids is 2. The zero-order chi connectivity index (χ0) is 16.5. The van der Waals surface area contributed by atoms with Crippen molar-refractivity contribution in [3.8, 4) is 0 Å². The van der Waals surface area contributed by atoms with Gasteiger partial charge in [0.05, 0.1) is 0 Å². The molecule has 0 bridgehead atoms. The molecule has 0 fully saturated rings. The van der Waals surface area contributed by atoms with Crippen LogP contribution in [0.15, 0.2) is 0 Å². The third-order valence-electron chi connectivity index (χ3n) is 2.41. The normalized spacial score (nSPS) is 12.5. The van der Waals surface area contributed by atoms with Crippen LogP contribution in [0.25, 0.3) is 0 Å². The van der Waals surface area contributed by atoms with Gasteiger partial charge in [0.25, 0.3) is 0 Å². The van der Waals surface area contributed by atoms with E-state index in [0.717, 1.165) is 0 Å². The number of carbonyl (C=O) groups excluding carboxylic acids is 1. The Morgan fingerprint density at radius 1 is 1.10 bits per heavy atom. The highest BCUT2D eigenvalue weighted by atomic mass is 19.4. The van der Waals surface area contributed by atoms with Crippen molar-refractivity contribution in [3.05, 3.63) is 0 Å². The van der Waals surface area contributed by atoms with Crippen molar-refractivity contribution in [3.63, 3.8) is 0 Å². The number of carbonyl (C=O) groups is 3. The second-order valence-corrected chi connectivity index (χ2v) is 4.30. The van der Waals surface area contributed by atoms with E-state index in [1.165, 1.54) is 0 Å². The van der Waals surface area contributed by atoms with Gasteiger partial charge in [-0.2, -0.15) is 13.2 Å². The van der Waals surface area contributed by atoms with Gasteiger partial charge in [0.2, 0.25) is 0 Å². The average molecular weight is 314 g/mol. The molecule has 0 aromatic rings. The molecule has 10 heteroatoms. The standard InChI is InChI=1S/C11H17F3N2O5/c12-11(13,14)5-2-6-15-10(21)16-7(9(19)20)3-1-4-8(17)18/h7H,1-6H2,(H,17,18)(H,19,20)(H2,15,16,21)/t7-/m1/s1. The monoisotopic (exact) mass is 314 g/mol. The van der Waals surface area contributed by atoms with E-state index in [-0.39, 0.29) is 32.2 Å². The molecule has 0 aliphatic heterocycles. The van der Waals surface area contributed by atoms with Crippen LogP contribution in [0.4, 0.5) is 18.0 Å². The van der Waals surface area contributed by atoms with E-state index in [1.807, 2.05) is 0 Å². The molecule has 122 valence electrons. The minimum Gasteiger partial charge on any atom is -0.481 e. The van der Waals surface area contributed by atoms with Crippen molar-refractivity contribution < 1.29 is 37.8 Å². The summed E-state index contributed by atoms with van der Waals surface area (Å²) >= 11 is 0. The maximum absolute atomic E-state index is 11.8. The molecular formula is C11H17F3N2O5. The summed E-state index contributed by atoms with van der Waals surface area (Å²) in [6, 6.07) is -2.19. The van der Waals surface area contributed by atoms with Crippen molar-refractivity contribution in [2.75, 3.05) is 6.54 Å². The first-order valence-electron chi connectivity index (χ1n) is 6.17. The third kappa shape index (κ3) is 11.5. The summed E-state index contributed by atoms with van der Waals surface area (Å²) in [6.07, 6.45) is -5.93. The Morgan fingerprint density at radius 2 is 1.71 bits per heavy atom. The van der Waals surface area contributed by atoms with E-state index < -0.39 is 36.6 Å². The molecule has 0 aliphatic carbocycles. The number of urea groups is 1. The van der Waals surface area contributed by atoms with Gasteiger partial charge in [0.1, 0.15) is 6.04 Å². The van der Waals surface area contributed by atoms with Gasteiger partial charge in [-0.25, -0.2) is 9.59 Å². The molecule has 0 spiro atoms. The molecule has 0 saturated heterocycles. The number of alkyl halides is 3. The molecule has 0 rings (SSSR count). The molecular weight excluding hydrogens is 297 g/mol. The topological polar surface area (TPSA) is 116 Å². The molecule has 0 heterocycles. The van der Waals surface area contributed by atoms with Crippen LogP contribution in [0, 0.1) is 0 Å². The minimum atomic E-state index is -4.31. The van der Waals surface area contributed by atoms with Crippen LogP contribution in [0.1, 0.15) is 32.1 Å². The van der Waals surface area contributed by atoms with Crippen LogP contribution in [-0.4, -0.2) is 46.9 Å². The lowest BCUT2D eigenvalue weighted by Gasteiger charge is -2.15. The Labute approximate surface area is 118 Å². The fraction of sp³-hybridized carbons (Fsp3) is 0.727. The van der Waals surface area contributed by atoms with Crippen LogP contribution < -0.4 is 10.6 Å². The van der Waals surface area contributed by atoms with Crippen LogP contribution in [-0.2, 0) is 9.59 Å². The largest absolute Gasteiger partial charge is 0.481 e. The van der Waals surface area contributed by atoms with Crippen LogP contribution in [0.2, 0.25) is 0 Å². The van der Waals surface area contributed by atoms with Crippen molar-refractivity contribution in [2.45, 2.75) is 44.3 Å². The highest BCUT2D eigenvalue weighted by molar-refractivity contribution is 5.82. The van der Waals surface area contributed by atoms with E-state index in [4.69, 9.17) is 10.2 Å². The Hall–Kier alpha value is -2.00. The molecule has 0 aliphatic rings. The highest BCUT2D eigenvalue weighted by Crippen LogP contribution is 2.20.